The van der Waals surface area contributed by atoms with Gasteiger partial charge in [-0.3, -0.25) is 19.2 Å². The number of hydrogen-bond acceptors (Lipinski definition) is 9. The van der Waals surface area contributed by atoms with Gasteiger partial charge in [-0.05, 0) is 38.0 Å². The van der Waals surface area contributed by atoms with Gasteiger partial charge in [0.25, 0.3) is 0 Å². The van der Waals surface area contributed by atoms with E-state index in [4.69, 9.17) is 9.47 Å². The molecule has 1 aromatic rings. The van der Waals surface area contributed by atoms with Crippen molar-refractivity contribution in [3.05, 3.63) is 23.8 Å². The minimum absolute atomic E-state index is 0.0280. The third-order valence-corrected chi connectivity index (χ3v) is 9.26. The maximum Gasteiger partial charge on any atom is 0.241 e. The maximum absolute atomic E-state index is 14.2. The predicted molar refractivity (Wildman–Crippen MR) is 123 cm³/mol. The van der Waals surface area contributed by atoms with Crippen molar-refractivity contribution in [2.45, 2.75) is 49.7 Å². The van der Waals surface area contributed by atoms with Crippen LogP contribution in [-0.4, -0.2) is 50.3 Å². The number of ether oxygens (including phenoxy) is 2. The van der Waals surface area contributed by atoms with E-state index in [0.29, 0.717) is 17.1 Å². The summed E-state index contributed by atoms with van der Waals surface area (Å²) in [6.45, 7) is 6.04. The van der Waals surface area contributed by atoms with Crippen LogP contribution in [0, 0.1) is 22.7 Å². The van der Waals surface area contributed by atoms with E-state index in [1.54, 1.807) is 32.0 Å². The fraction of sp³-hybridized carbons (Fsp3) is 0.522. The van der Waals surface area contributed by atoms with Crippen LogP contribution < -0.4 is 9.47 Å². The minimum Gasteiger partial charge on any atom is -0.454 e. The number of likely N-dealkylation sites (N-methyl/N-ethyl adjacent to an activating group) is 1. The molecule has 1 aliphatic carbocycles. The molecule has 5 atom stereocenters. The number of thioether (sulfide) groups is 2. The van der Waals surface area contributed by atoms with Crippen LogP contribution in [0.3, 0.4) is 0 Å². The van der Waals surface area contributed by atoms with Crippen molar-refractivity contribution in [3.63, 3.8) is 0 Å². The van der Waals surface area contributed by atoms with Crippen LogP contribution in [0.4, 0.5) is 0 Å². The molecule has 0 aromatic heterocycles. The summed E-state index contributed by atoms with van der Waals surface area (Å²) in [6.07, 6.45) is 0.0280. The van der Waals surface area contributed by atoms with Crippen LogP contribution in [0.25, 0.3) is 0 Å². The Hall–Kier alpha value is -2.51. The van der Waals surface area contributed by atoms with Crippen LogP contribution in [0.5, 0.6) is 11.5 Å². The van der Waals surface area contributed by atoms with Crippen LogP contribution in [-0.2, 0) is 19.2 Å². The molecule has 1 amide bonds. The average molecular weight is 489 g/mol. The van der Waals surface area contributed by atoms with Crippen molar-refractivity contribution < 1.29 is 28.7 Å². The van der Waals surface area contributed by atoms with E-state index in [1.807, 2.05) is 0 Å². The molecule has 1 saturated carbocycles. The van der Waals surface area contributed by atoms with E-state index in [1.165, 1.54) is 25.8 Å². The summed E-state index contributed by atoms with van der Waals surface area (Å²) >= 11 is 1.60. The summed E-state index contributed by atoms with van der Waals surface area (Å²) in [5.41, 5.74) is -0.473. The third-order valence-electron chi connectivity index (χ3n) is 6.88. The second kappa shape index (κ2) is 7.77. The number of fused-ring (bicyclic) bond motifs is 2. The van der Waals surface area contributed by atoms with Gasteiger partial charge < -0.3 is 14.4 Å². The van der Waals surface area contributed by atoms with Gasteiger partial charge in [0.15, 0.2) is 32.4 Å². The molecule has 8 nitrogen and oxygen atoms in total. The summed E-state index contributed by atoms with van der Waals surface area (Å²) < 4.78 is 9.47. The normalized spacial score (nSPS) is 34.7. The number of likely N-dealkylation sites (tertiary alicyclic amines) is 1. The number of amides is 1. The van der Waals surface area contributed by atoms with Gasteiger partial charge in [0.2, 0.25) is 12.7 Å². The number of piperidine rings is 1. The molecule has 4 rings (SSSR count). The summed E-state index contributed by atoms with van der Waals surface area (Å²) in [4.78, 5) is 52.3. The second-order valence-corrected chi connectivity index (χ2v) is 12.1. The van der Waals surface area contributed by atoms with Gasteiger partial charge in [-0.2, -0.15) is 5.26 Å². The molecule has 1 saturated heterocycles. The zero-order valence-electron chi connectivity index (χ0n) is 19.0. The Morgan fingerprint density at radius 3 is 2.33 bits per heavy atom. The summed E-state index contributed by atoms with van der Waals surface area (Å²) in [7, 11) is 1.48. The van der Waals surface area contributed by atoms with Crippen LogP contribution in [0.1, 0.15) is 45.6 Å². The molecule has 10 heteroatoms. The molecule has 33 heavy (non-hydrogen) atoms. The fourth-order valence-electron chi connectivity index (χ4n) is 5.48. The molecular weight excluding hydrogens is 464 g/mol. The lowest BCUT2D eigenvalue weighted by atomic mass is 9.70. The topological polar surface area (TPSA) is 114 Å². The van der Waals surface area contributed by atoms with Gasteiger partial charge in [0.1, 0.15) is 4.75 Å². The molecule has 2 fully saturated rings. The second-order valence-electron chi connectivity index (χ2n) is 9.06. The lowest BCUT2D eigenvalue weighted by Crippen LogP contribution is -2.67. The van der Waals surface area contributed by atoms with E-state index >= 15 is 0 Å². The zero-order valence-corrected chi connectivity index (χ0v) is 20.6. The SMILES string of the molecule is CC(=O)S[C@@]1(C)C(=O)C2[C@@H](c3ccc4c(c3)OCO4)[C@@](C)(C#N)C[C@@]2(SC(C)=O)C(=O)N1C. The van der Waals surface area contributed by atoms with Crippen molar-refractivity contribution in [2.75, 3.05) is 13.8 Å². The fourth-order valence-corrected chi connectivity index (χ4v) is 7.97. The van der Waals surface area contributed by atoms with E-state index < -0.39 is 32.8 Å². The highest BCUT2D eigenvalue weighted by Gasteiger charge is 2.73. The summed E-state index contributed by atoms with van der Waals surface area (Å²) in [5, 5.41) is 9.64. The van der Waals surface area contributed by atoms with Crippen molar-refractivity contribution in [2.24, 2.45) is 11.3 Å². The first kappa shape index (κ1) is 23.6. The number of Topliss-reactive ketones (excluding diaryl/α,β-unsaturated/α-hetero) is 1. The molecular formula is C23H24N2O6S2. The van der Waals surface area contributed by atoms with E-state index in [0.717, 1.165) is 23.5 Å². The average Bonchev–Trinajstić information content (AvgIpc) is 3.30. The van der Waals surface area contributed by atoms with Gasteiger partial charge >= 0.3 is 0 Å². The van der Waals surface area contributed by atoms with Crippen molar-refractivity contribution >= 4 is 45.4 Å². The predicted octanol–water partition coefficient (Wildman–Crippen LogP) is 3.10. The number of carbonyl (C=O) groups is 4. The van der Waals surface area contributed by atoms with Gasteiger partial charge in [-0.15, -0.1) is 0 Å². The lowest BCUT2D eigenvalue weighted by Gasteiger charge is -2.50. The largest absolute Gasteiger partial charge is 0.454 e. The smallest absolute Gasteiger partial charge is 0.241 e. The molecule has 0 bridgehead atoms. The molecule has 2 aliphatic heterocycles. The quantitative estimate of drug-likeness (QED) is 0.633. The highest BCUT2D eigenvalue weighted by Crippen LogP contribution is 2.66. The third kappa shape index (κ3) is 3.36. The molecule has 0 spiro atoms. The Bertz CT molecular complexity index is 1130. The van der Waals surface area contributed by atoms with Gasteiger partial charge in [0.05, 0.1) is 17.4 Å². The molecule has 1 unspecified atom stereocenters. The first-order chi connectivity index (χ1) is 15.4. The van der Waals surface area contributed by atoms with Gasteiger partial charge in [-0.25, -0.2) is 0 Å². The van der Waals surface area contributed by atoms with Gasteiger partial charge in [0, 0.05) is 26.8 Å². The zero-order chi connectivity index (χ0) is 24.3. The number of nitrogens with zero attached hydrogens (tertiary/aromatic N) is 2. The number of rotatable bonds is 3. The van der Waals surface area contributed by atoms with E-state index in [2.05, 4.69) is 6.07 Å². The Labute approximate surface area is 200 Å². The number of benzene rings is 1. The van der Waals surface area contributed by atoms with E-state index in [-0.39, 0.29) is 29.2 Å². The van der Waals surface area contributed by atoms with Crippen LogP contribution in [0.2, 0.25) is 0 Å². The summed E-state index contributed by atoms with van der Waals surface area (Å²) in [6, 6.07) is 7.57. The molecule has 0 radical (unpaired) electrons. The van der Waals surface area contributed by atoms with Crippen LogP contribution in [0.15, 0.2) is 18.2 Å². The Morgan fingerprint density at radius 1 is 1.09 bits per heavy atom. The highest BCUT2D eigenvalue weighted by molar-refractivity contribution is 8.16. The lowest BCUT2D eigenvalue weighted by molar-refractivity contribution is -0.151. The van der Waals surface area contributed by atoms with Gasteiger partial charge in [-0.1, -0.05) is 29.6 Å². The number of ketones is 1. The Kier molecular flexibility index (Phi) is 5.57. The number of hydrogen-bond donors (Lipinski definition) is 0. The van der Waals surface area contributed by atoms with Crippen molar-refractivity contribution in [1.29, 1.82) is 5.26 Å². The monoisotopic (exact) mass is 488 g/mol. The van der Waals surface area contributed by atoms with Crippen LogP contribution >= 0.6 is 23.5 Å². The summed E-state index contributed by atoms with van der Waals surface area (Å²) in [5.74, 6) is -1.40. The standard InChI is InChI=1S/C23H24N2O6S2/c1-12(26)32-22(4)19(28)18-17(14-6-7-15-16(8-14)31-11-30-15)21(3,10-24)9-23(18,33-13(2)27)20(29)25(22)5/h6-8,17-18H,9,11H2,1-5H3/t17-,18?,21-,22+,23+/m1/s1. The van der Waals surface area contributed by atoms with Crippen molar-refractivity contribution in [1.82, 2.24) is 4.90 Å². The first-order valence-electron chi connectivity index (χ1n) is 10.4. The molecule has 174 valence electrons. The number of nitriles is 1. The highest BCUT2D eigenvalue weighted by atomic mass is 32.2. The molecule has 3 aliphatic rings. The minimum atomic E-state index is -1.45. The molecule has 0 N–H and O–H groups in total. The molecule has 1 aromatic carbocycles. The Morgan fingerprint density at radius 2 is 1.73 bits per heavy atom. The first-order valence-corrected chi connectivity index (χ1v) is 12.1. The van der Waals surface area contributed by atoms with Crippen molar-refractivity contribution in [3.8, 4) is 17.6 Å². The Balaban J connectivity index is 1.96. The molecule has 2 heterocycles. The van der Waals surface area contributed by atoms with E-state index in [9.17, 15) is 24.4 Å². The number of carbonyl (C=O) groups excluding carboxylic acids is 4. The maximum atomic E-state index is 14.2.